The van der Waals surface area contributed by atoms with E-state index in [1.165, 1.54) is 0 Å². The van der Waals surface area contributed by atoms with Crippen molar-refractivity contribution in [1.29, 1.82) is 0 Å². The summed E-state index contributed by atoms with van der Waals surface area (Å²) in [6.07, 6.45) is 0. The lowest BCUT2D eigenvalue weighted by molar-refractivity contribution is -0.130. The molecule has 1 unspecified atom stereocenters. The Morgan fingerprint density at radius 3 is 2.72 bits per heavy atom. The van der Waals surface area contributed by atoms with Gasteiger partial charge in [-0.3, -0.25) is 4.79 Å². The van der Waals surface area contributed by atoms with Gasteiger partial charge in [0.2, 0.25) is 5.91 Å². The third kappa shape index (κ3) is 2.64. The summed E-state index contributed by atoms with van der Waals surface area (Å²) in [5.74, 6) is 0.159. The number of halogens is 1. The van der Waals surface area contributed by atoms with Crippen molar-refractivity contribution in [3.63, 3.8) is 0 Å². The van der Waals surface area contributed by atoms with E-state index in [4.69, 9.17) is 11.6 Å². The van der Waals surface area contributed by atoms with Crippen molar-refractivity contribution in [2.24, 2.45) is 0 Å². The van der Waals surface area contributed by atoms with E-state index in [0.29, 0.717) is 18.1 Å². The fraction of sp³-hybridized carbons (Fsp3) is 0.250. The number of benzene rings is 2. The molecule has 3 nitrogen and oxygen atoms in total. The van der Waals surface area contributed by atoms with Crippen LogP contribution in [0.15, 0.2) is 47.4 Å². The standard InChI is InChI=1S/C20H19ClN2OS/c1-3-23(4-2)20(24)19-17-14-11-12(21)9-10-15(14)22-18(17)13-7-5-6-8-16(13)25-19/h5-11,19,22H,3-4H2,1-2H3. The summed E-state index contributed by atoms with van der Waals surface area (Å²) in [4.78, 5) is 19.8. The first-order chi connectivity index (χ1) is 12.1. The number of hydrogen-bond acceptors (Lipinski definition) is 2. The number of H-pyrrole nitrogens is 1. The van der Waals surface area contributed by atoms with Crippen molar-refractivity contribution in [3.05, 3.63) is 53.1 Å². The molecule has 0 bridgehead atoms. The van der Waals surface area contributed by atoms with E-state index in [0.717, 1.165) is 32.6 Å². The van der Waals surface area contributed by atoms with Crippen LogP contribution in [0.25, 0.3) is 22.2 Å². The van der Waals surface area contributed by atoms with E-state index in [2.05, 4.69) is 17.1 Å². The maximum Gasteiger partial charge on any atom is 0.240 e. The van der Waals surface area contributed by atoms with Gasteiger partial charge in [0.15, 0.2) is 0 Å². The van der Waals surface area contributed by atoms with Crippen molar-refractivity contribution in [3.8, 4) is 11.3 Å². The summed E-state index contributed by atoms with van der Waals surface area (Å²) in [7, 11) is 0. The van der Waals surface area contributed by atoms with E-state index in [1.807, 2.05) is 49.1 Å². The Morgan fingerprint density at radius 2 is 1.96 bits per heavy atom. The molecule has 0 saturated heterocycles. The van der Waals surface area contributed by atoms with Gasteiger partial charge in [0.1, 0.15) is 5.25 Å². The predicted octanol–water partition coefficient (Wildman–Crippen LogP) is 5.50. The second-order valence-electron chi connectivity index (χ2n) is 6.11. The number of amides is 1. The molecule has 1 aromatic heterocycles. The molecule has 3 aromatic rings. The lowest BCUT2D eigenvalue weighted by Gasteiger charge is -2.29. The largest absolute Gasteiger partial charge is 0.354 e. The average molecular weight is 371 g/mol. The number of fused-ring (bicyclic) bond motifs is 5. The highest BCUT2D eigenvalue weighted by Gasteiger charge is 2.35. The highest BCUT2D eigenvalue weighted by molar-refractivity contribution is 8.00. The Hall–Kier alpha value is -1.91. The van der Waals surface area contributed by atoms with Crippen LogP contribution in [0.4, 0.5) is 0 Å². The molecule has 5 heteroatoms. The number of rotatable bonds is 3. The lowest BCUT2D eigenvalue weighted by Crippen LogP contribution is -2.34. The van der Waals surface area contributed by atoms with E-state index in [9.17, 15) is 4.79 Å². The SMILES string of the molecule is CCN(CC)C(=O)C1Sc2ccccc2-c2[nH]c3ccc(Cl)cc3c21. The number of aromatic nitrogens is 1. The molecule has 25 heavy (non-hydrogen) atoms. The molecule has 0 fully saturated rings. The molecule has 128 valence electrons. The Kier molecular flexibility index (Phi) is 4.26. The molecule has 1 atom stereocenters. The van der Waals surface area contributed by atoms with E-state index in [1.54, 1.807) is 11.8 Å². The first-order valence-electron chi connectivity index (χ1n) is 8.50. The minimum absolute atomic E-state index is 0.159. The third-order valence-corrected chi connectivity index (χ3v) is 6.28. The summed E-state index contributed by atoms with van der Waals surface area (Å²) in [6, 6.07) is 14.1. The van der Waals surface area contributed by atoms with Gasteiger partial charge in [-0.05, 0) is 38.1 Å². The van der Waals surface area contributed by atoms with Crippen LogP contribution in [0.3, 0.4) is 0 Å². The summed E-state index contributed by atoms with van der Waals surface area (Å²) < 4.78 is 0. The van der Waals surface area contributed by atoms with Crippen LogP contribution in [0.1, 0.15) is 24.7 Å². The van der Waals surface area contributed by atoms with Gasteiger partial charge in [-0.2, -0.15) is 0 Å². The minimum atomic E-state index is -0.253. The molecule has 1 amide bonds. The molecule has 0 spiro atoms. The van der Waals surface area contributed by atoms with Crippen LogP contribution in [-0.4, -0.2) is 28.9 Å². The number of aromatic amines is 1. The van der Waals surface area contributed by atoms with Gasteiger partial charge < -0.3 is 9.88 Å². The molecule has 1 aliphatic rings. The van der Waals surface area contributed by atoms with Gasteiger partial charge in [-0.1, -0.05) is 29.8 Å². The number of hydrogen-bond donors (Lipinski definition) is 1. The number of carbonyl (C=O) groups excluding carboxylic acids is 1. The zero-order valence-electron chi connectivity index (χ0n) is 14.2. The zero-order chi connectivity index (χ0) is 17.6. The smallest absolute Gasteiger partial charge is 0.240 e. The molecular weight excluding hydrogens is 352 g/mol. The number of nitrogens with zero attached hydrogens (tertiary/aromatic N) is 1. The van der Waals surface area contributed by atoms with E-state index in [-0.39, 0.29) is 11.2 Å². The van der Waals surface area contributed by atoms with Crippen molar-refractivity contribution in [1.82, 2.24) is 9.88 Å². The Morgan fingerprint density at radius 1 is 1.20 bits per heavy atom. The maximum absolute atomic E-state index is 13.2. The number of likely N-dealkylation sites (N-methyl/N-ethyl adjacent to an activating group) is 1. The zero-order valence-corrected chi connectivity index (χ0v) is 15.7. The second kappa shape index (κ2) is 6.43. The lowest BCUT2D eigenvalue weighted by atomic mass is 10.0. The average Bonchev–Trinajstić information content (AvgIpc) is 3.01. The quantitative estimate of drug-likeness (QED) is 0.660. The molecule has 1 N–H and O–H groups in total. The fourth-order valence-electron chi connectivity index (χ4n) is 3.51. The fourth-order valence-corrected chi connectivity index (χ4v) is 5.00. The number of nitrogens with one attached hydrogen (secondary N) is 1. The van der Waals surface area contributed by atoms with Gasteiger partial charge in [-0.15, -0.1) is 11.8 Å². The predicted molar refractivity (Wildman–Crippen MR) is 105 cm³/mol. The highest BCUT2D eigenvalue weighted by atomic mass is 35.5. The number of thioether (sulfide) groups is 1. The van der Waals surface area contributed by atoms with Crippen molar-refractivity contribution >= 4 is 40.2 Å². The van der Waals surface area contributed by atoms with E-state index >= 15 is 0 Å². The monoisotopic (exact) mass is 370 g/mol. The van der Waals surface area contributed by atoms with Crippen LogP contribution in [0.5, 0.6) is 0 Å². The summed E-state index contributed by atoms with van der Waals surface area (Å²) in [6.45, 7) is 5.48. The number of carbonyl (C=O) groups is 1. The van der Waals surface area contributed by atoms with E-state index < -0.39 is 0 Å². The first-order valence-corrected chi connectivity index (χ1v) is 9.75. The Balaban J connectivity index is 1.97. The molecular formula is C20H19ClN2OS. The Bertz CT molecular complexity index is 961. The maximum atomic E-state index is 13.2. The molecule has 0 aliphatic carbocycles. The van der Waals surface area contributed by atoms with Crippen LogP contribution in [0, 0.1) is 0 Å². The third-order valence-electron chi connectivity index (χ3n) is 4.76. The molecule has 0 saturated carbocycles. The topological polar surface area (TPSA) is 36.1 Å². The van der Waals surface area contributed by atoms with Crippen molar-refractivity contribution in [2.45, 2.75) is 24.0 Å². The van der Waals surface area contributed by atoms with Crippen molar-refractivity contribution < 1.29 is 4.79 Å². The summed E-state index contributed by atoms with van der Waals surface area (Å²) in [5, 5.41) is 1.47. The minimum Gasteiger partial charge on any atom is -0.354 e. The van der Waals surface area contributed by atoms with Crippen LogP contribution in [0.2, 0.25) is 5.02 Å². The van der Waals surface area contributed by atoms with Gasteiger partial charge in [0, 0.05) is 45.0 Å². The molecule has 2 heterocycles. The van der Waals surface area contributed by atoms with Crippen molar-refractivity contribution in [2.75, 3.05) is 13.1 Å². The highest BCUT2D eigenvalue weighted by Crippen LogP contribution is 2.52. The van der Waals surface area contributed by atoms with Gasteiger partial charge in [0.05, 0.1) is 5.69 Å². The normalized spacial score (nSPS) is 15.7. The van der Waals surface area contributed by atoms with Crippen LogP contribution in [-0.2, 0) is 4.79 Å². The van der Waals surface area contributed by atoms with Gasteiger partial charge >= 0.3 is 0 Å². The summed E-state index contributed by atoms with van der Waals surface area (Å²) in [5.41, 5.74) is 4.26. The second-order valence-corrected chi connectivity index (χ2v) is 7.69. The van der Waals surface area contributed by atoms with Gasteiger partial charge in [0.25, 0.3) is 0 Å². The first kappa shape index (κ1) is 16.6. The summed E-state index contributed by atoms with van der Waals surface area (Å²) >= 11 is 7.88. The molecule has 1 aliphatic heterocycles. The van der Waals surface area contributed by atoms with Crippen LogP contribution >= 0.6 is 23.4 Å². The Labute approximate surface area is 156 Å². The van der Waals surface area contributed by atoms with Gasteiger partial charge in [-0.25, -0.2) is 0 Å². The molecule has 4 rings (SSSR count). The molecule has 0 radical (unpaired) electrons. The molecule has 2 aromatic carbocycles. The van der Waals surface area contributed by atoms with Crippen LogP contribution < -0.4 is 0 Å².